The summed E-state index contributed by atoms with van der Waals surface area (Å²) in [6, 6.07) is 2.08. The molecule has 138 valence electrons. The van der Waals surface area contributed by atoms with Gasteiger partial charge in [0.05, 0.1) is 6.54 Å². The number of nitrogens with zero attached hydrogens (tertiary/aromatic N) is 4. The molecule has 1 rings (SSSR count). The van der Waals surface area contributed by atoms with Gasteiger partial charge in [0.15, 0.2) is 5.96 Å². The van der Waals surface area contributed by atoms with E-state index in [-0.39, 0.29) is 36.4 Å². The molecule has 0 aliphatic rings. The third-order valence-corrected chi connectivity index (χ3v) is 3.80. The van der Waals surface area contributed by atoms with Crippen molar-refractivity contribution in [3.05, 3.63) is 22.4 Å². The molecule has 0 saturated carbocycles. The van der Waals surface area contributed by atoms with Gasteiger partial charge in [-0.2, -0.15) is 0 Å². The smallest absolute Gasteiger partial charge is 0.243 e. The first-order chi connectivity index (χ1) is 10.7. The number of aryl methyl sites for hydroxylation is 1. The van der Waals surface area contributed by atoms with Gasteiger partial charge >= 0.3 is 0 Å². The molecule has 1 aromatic rings. The van der Waals surface area contributed by atoms with Crippen LogP contribution in [-0.4, -0.2) is 60.5 Å². The highest BCUT2D eigenvalue weighted by atomic mass is 127. The van der Waals surface area contributed by atoms with E-state index in [4.69, 9.17) is 0 Å². The van der Waals surface area contributed by atoms with Gasteiger partial charge in [-0.05, 0) is 27.9 Å². The maximum absolute atomic E-state index is 11.8. The molecule has 24 heavy (non-hydrogen) atoms. The quantitative estimate of drug-likeness (QED) is 0.361. The molecule has 0 radical (unpaired) electrons. The third kappa shape index (κ3) is 7.87. The Morgan fingerprint density at radius 2 is 2.00 bits per heavy atom. The van der Waals surface area contributed by atoms with E-state index in [0.717, 1.165) is 22.7 Å². The van der Waals surface area contributed by atoms with Crippen LogP contribution in [0.5, 0.6) is 0 Å². The lowest BCUT2D eigenvalue weighted by molar-refractivity contribution is -0.127. The SMILES string of the molecule is CC(C)CNC(=NCC(=O)N(C)C)N(C)Cc1cc(Br)cn1C.I. The summed E-state index contributed by atoms with van der Waals surface area (Å²) in [5.74, 6) is 1.23. The average molecular weight is 514 g/mol. The van der Waals surface area contributed by atoms with Gasteiger partial charge in [-0.3, -0.25) is 4.79 Å². The fourth-order valence-corrected chi connectivity index (χ4v) is 2.50. The number of likely N-dealkylation sites (N-methyl/N-ethyl adjacent to an activating group) is 1. The van der Waals surface area contributed by atoms with Crippen molar-refractivity contribution in [2.24, 2.45) is 18.0 Å². The molecule has 1 amide bonds. The predicted molar refractivity (Wildman–Crippen MR) is 114 cm³/mol. The van der Waals surface area contributed by atoms with Crippen molar-refractivity contribution in [3.63, 3.8) is 0 Å². The Labute approximate surface area is 170 Å². The molecule has 1 N–H and O–H groups in total. The molecule has 0 fully saturated rings. The summed E-state index contributed by atoms with van der Waals surface area (Å²) in [4.78, 5) is 19.8. The molecule has 0 unspecified atom stereocenters. The van der Waals surface area contributed by atoms with E-state index in [9.17, 15) is 4.79 Å². The minimum Gasteiger partial charge on any atom is -0.356 e. The molecule has 0 spiro atoms. The lowest BCUT2D eigenvalue weighted by atomic mass is 10.2. The zero-order valence-corrected chi connectivity index (χ0v) is 19.3. The van der Waals surface area contributed by atoms with Crippen LogP contribution in [0.15, 0.2) is 21.7 Å². The number of amides is 1. The molecule has 6 nitrogen and oxygen atoms in total. The van der Waals surface area contributed by atoms with Crippen LogP contribution < -0.4 is 5.32 Å². The lowest BCUT2D eigenvalue weighted by Crippen LogP contribution is -2.41. The number of carbonyl (C=O) groups is 1. The van der Waals surface area contributed by atoms with E-state index in [1.807, 2.05) is 25.2 Å². The molecule has 0 bridgehead atoms. The summed E-state index contributed by atoms with van der Waals surface area (Å²) in [5, 5.41) is 3.34. The zero-order chi connectivity index (χ0) is 17.6. The summed E-state index contributed by atoms with van der Waals surface area (Å²) in [7, 11) is 7.48. The van der Waals surface area contributed by atoms with Gasteiger partial charge in [0.25, 0.3) is 0 Å². The second-order valence-electron chi connectivity index (χ2n) is 6.32. The Kier molecular flexibility index (Phi) is 10.6. The molecule has 0 atom stereocenters. The van der Waals surface area contributed by atoms with Crippen LogP contribution in [0, 0.1) is 5.92 Å². The number of aromatic nitrogens is 1. The van der Waals surface area contributed by atoms with Crippen molar-refractivity contribution < 1.29 is 4.79 Å². The van der Waals surface area contributed by atoms with E-state index >= 15 is 0 Å². The minimum absolute atomic E-state index is 0. The Morgan fingerprint density at radius 3 is 2.46 bits per heavy atom. The first-order valence-electron chi connectivity index (χ1n) is 7.71. The minimum atomic E-state index is -0.0103. The number of nitrogens with one attached hydrogen (secondary N) is 1. The molecule has 0 aliphatic carbocycles. The van der Waals surface area contributed by atoms with Gasteiger partial charge in [-0.25, -0.2) is 4.99 Å². The first kappa shape index (κ1) is 23.2. The molecule has 1 aromatic heterocycles. The highest BCUT2D eigenvalue weighted by molar-refractivity contribution is 14.0. The maximum Gasteiger partial charge on any atom is 0.243 e. The fraction of sp³-hybridized carbons (Fsp3) is 0.625. The molecule has 0 aromatic carbocycles. The van der Waals surface area contributed by atoms with Crippen LogP contribution in [0.25, 0.3) is 0 Å². The normalized spacial score (nSPS) is 11.2. The molecule has 8 heteroatoms. The molecule has 1 heterocycles. The highest BCUT2D eigenvalue weighted by Crippen LogP contribution is 2.15. The summed E-state index contributed by atoms with van der Waals surface area (Å²) < 4.78 is 3.13. The van der Waals surface area contributed by atoms with Gasteiger partial charge in [0, 0.05) is 51.1 Å². The van der Waals surface area contributed by atoms with E-state index in [0.29, 0.717) is 12.5 Å². The monoisotopic (exact) mass is 513 g/mol. The van der Waals surface area contributed by atoms with Crippen molar-refractivity contribution in [1.82, 2.24) is 19.7 Å². The number of aliphatic imine (C=N–C) groups is 1. The number of carbonyl (C=O) groups excluding carboxylic acids is 1. The van der Waals surface area contributed by atoms with E-state index in [1.165, 1.54) is 0 Å². The lowest BCUT2D eigenvalue weighted by Gasteiger charge is -2.23. The average Bonchev–Trinajstić information content (AvgIpc) is 2.75. The summed E-state index contributed by atoms with van der Waals surface area (Å²) in [6.45, 7) is 5.96. The topological polar surface area (TPSA) is 52.9 Å². The van der Waals surface area contributed by atoms with E-state index in [1.54, 1.807) is 19.0 Å². The third-order valence-electron chi connectivity index (χ3n) is 3.37. The van der Waals surface area contributed by atoms with E-state index < -0.39 is 0 Å². The Bertz CT molecular complexity index is 557. The second kappa shape index (κ2) is 11.0. The molecule has 0 saturated heterocycles. The number of halogens is 2. The standard InChI is InChI=1S/C16H28BrN5O.HI/c1-12(2)8-18-16(19-9-15(23)20(3)4)22(6)11-14-7-13(17)10-21(14)5;/h7,10,12H,8-9,11H2,1-6H3,(H,18,19);1H. The van der Waals surface area contributed by atoms with Crippen LogP contribution in [0.2, 0.25) is 0 Å². The molecule has 0 aliphatic heterocycles. The van der Waals surface area contributed by atoms with Gasteiger partial charge in [0.2, 0.25) is 5.91 Å². The van der Waals surface area contributed by atoms with Crippen LogP contribution in [0.1, 0.15) is 19.5 Å². The van der Waals surface area contributed by atoms with Crippen molar-refractivity contribution in [2.75, 3.05) is 34.2 Å². The van der Waals surface area contributed by atoms with Crippen LogP contribution in [0.4, 0.5) is 0 Å². The maximum atomic E-state index is 11.8. The van der Waals surface area contributed by atoms with Gasteiger partial charge in [0.1, 0.15) is 6.54 Å². The van der Waals surface area contributed by atoms with Crippen molar-refractivity contribution in [3.8, 4) is 0 Å². The summed E-state index contributed by atoms with van der Waals surface area (Å²) >= 11 is 3.49. The Balaban J connectivity index is 0.00000529. The van der Waals surface area contributed by atoms with E-state index in [2.05, 4.69) is 50.7 Å². The molecular formula is C16H29BrIN5O. The van der Waals surface area contributed by atoms with Crippen molar-refractivity contribution in [2.45, 2.75) is 20.4 Å². The second-order valence-corrected chi connectivity index (χ2v) is 7.24. The number of guanidine groups is 1. The predicted octanol–water partition coefficient (Wildman–Crippen LogP) is 2.53. The number of hydrogen-bond acceptors (Lipinski definition) is 2. The first-order valence-corrected chi connectivity index (χ1v) is 8.50. The van der Waals surface area contributed by atoms with Gasteiger partial charge in [-0.1, -0.05) is 13.8 Å². The zero-order valence-electron chi connectivity index (χ0n) is 15.3. The van der Waals surface area contributed by atoms with Crippen LogP contribution in [-0.2, 0) is 18.4 Å². The summed E-state index contributed by atoms with van der Waals surface area (Å²) in [5.41, 5.74) is 1.16. The Hall–Kier alpha value is -0.770. The van der Waals surface area contributed by atoms with Gasteiger partial charge in [-0.15, -0.1) is 24.0 Å². The Morgan fingerprint density at radius 1 is 1.38 bits per heavy atom. The van der Waals surface area contributed by atoms with Crippen molar-refractivity contribution >= 4 is 51.8 Å². The fourth-order valence-electron chi connectivity index (χ4n) is 1.93. The van der Waals surface area contributed by atoms with Crippen molar-refractivity contribution in [1.29, 1.82) is 0 Å². The summed E-state index contributed by atoms with van der Waals surface area (Å²) in [6.07, 6.45) is 2.02. The number of rotatable bonds is 6. The number of hydrogen-bond donors (Lipinski definition) is 1. The van der Waals surface area contributed by atoms with Gasteiger partial charge < -0.3 is 19.7 Å². The van der Waals surface area contributed by atoms with Crippen LogP contribution >= 0.6 is 39.9 Å². The molecular weight excluding hydrogens is 485 g/mol. The largest absolute Gasteiger partial charge is 0.356 e. The highest BCUT2D eigenvalue weighted by Gasteiger charge is 2.12. The van der Waals surface area contributed by atoms with Crippen LogP contribution in [0.3, 0.4) is 0 Å².